The second-order valence-corrected chi connectivity index (χ2v) is 6.46. The Morgan fingerprint density at radius 3 is 2.29 bits per heavy atom. The second-order valence-electron chi connectivity index (χ2n) is 6.46. The fraction of sp³-hybridized carbons (Fsp3) is 0.136. The number of benzene rings is 2. The Bertz CT molecular complexity index is 1040. The fourth-order valence-electron chi connectivity index (χ4n) is 2.97. The van der Waals surface area contributed by atoms with Crippen molar-refractivity contribution >= 4 is 36.6 Å². The molecule has 0 saturated carbocycles. The molecular formula is C22H20Cl2F2N2O3. The van der Waals surface area contributed by atoms with Gasteiger partial charge in [-0.3, -0.25) is 19.9 Å². The van der Waals surface area contributed by atoms with Crippen molar-refractivity contribution in [2.75, 3.05) is 6.54 Å². The van der Waals surface area contributed by atoms with Crippen molar-refractivity contribution in [3.8, 4) is 11.1 Å². The van der Waals surface area contributed by atoms with Gasteiger partial charge in [-0.15, -0.1) is 24.8 Å². The highest BCUT2D eigenvalue weighted by Gasteiger charge is 2.22. The standard InChI is InChI=1S/C22H18F2N2O3.2ClH/c23-18-5-4-14(10-19(18)24)11-20(26-13-21(27)28)22(29)17-3-1-2-16(12-17)15-6-8-25-9-7-15;;/h1-10,12,20,26H,11,13H2,(H,27,28);2*1H/t20-;;/m0../s1. The summed E-state index contributed by atoms with van der Waals surface area (Å²) in [7, 11) is 0. The van der Waals surface area contributed by atoms with Crippen molar-refractivity contribution in [3.63, 3.8) is 0 Å². The maximum absolute atomic E-state index is 13.5. The summed E-state index contributed by atoms with van der Waals surface area (Å²) >= 11 is 0. The predicted octanol–water partition coefficient (Wildman–Crippen LogP) is 4.34. The Morgan fingerprint density at radius 1 is 0.935 bits per heavy atom. The van der Waals surface area contributed by atoms with Gasteiger partial charge in [0.1, 0.15) is 0 Å². The molecule has 0 bridgehead atoms. The Hall–Kier alpha value is -2.87. The van der Waals surface area contributed by atoms with E-state index in [0.717, 1.165) is 23.3 Å². The third-order valence-electron chi connectivity index (χ3n) is 4.40. The highest BCUT2D eigenvalue weighted by molar-refractivity contribution is 6.01. The quantitative estimate of drug-likeness (QED) is 0.480. The van der Waals surface area contributed by atoms with Crippen LogP contribution in [0.15, 0.2) is 67.0 Å². The molecule has 0 aliphatic heterocycles. The van der Waals surface area contributed by atoms with E-state index >= 15 is 0 Å². The SMILES string of the molecule is Cl.Cl.O=C(O)CN[C@@H](Cc1ccc(F)c(F)c1)C(=O)c1cccc(-c2ccncc2)c1. The number of Topliss-reactive ketones (excluding diaryl/α,β-unsaturated/α-hetero) is 1. The van der Waals surface area contributed by atoms with Crippen molar-refractivity contribution in [3.05, 3.63) is 89.8 Å². The summed E-state index contributed by atoms with van der Waals surface area (Å²) in [5.41, 5.74) is 2.45. The van der Waals surface area contributed by atoms with E-state index in [0.29, 0.717) is 11.1 Å². The minimum atomic E-state index is -1.13. The van der Waals surface area contributed by atoms with Crippen LogP contribution in [-0.4, -0.2) is 34.4 Å². The number of hydrogen-bond acceptors (Lipinski definition) is 4. The summed E-state index contributed by atoms with van der Waals surface area (Å²) < 4.78 is 26.7. The molecule has 2 N–H and O–H groups in total. The molecule has 0 saturated heterocycles. The first-order chi connectivity index (χ1) is 13.9. The summed E-state index contributed by atoms with van der Waals surface area (Å²) in [6, 6.07) is 13.0. The van der Waals surface area contributed by atoms with Crippen LogP contribution in [-0.2, 0) is 11.2 Å². The van der Waals surface area contributed by atoms with Gasteiger partial charge in [0.2, 0.25) is 0 Å². The van der Waals surface area contributed by atoms with E-state index in [9.17, 15) is 18.4 Å². The number of halogens is 4. The van der Waals surface area contributed by atoms with Crippen molar-refractivity contribution < 1.29 is 23.5 Å². The normalized spacial score (nSPS) is 11.0. The molecule has 3 aromatic rings. The number of nitrogens with one attached hydrogen (secondary N) is 1. The number of carbonyl (C=O) groups excluding carboxylic acids is 1. The van der Waals surface area contributed by atoms with Crippen LogP contribution in [0.1, 0.15) is 15.9 Å². The van der Waals surface area contributed by atoms with Crippen LogP contribution in [0, 0.1) is 11.6 Å². The predicted molar refractivity (Wildman–Crippen MR) is 118 cm³/mol. The van der Waals surface area contributed by atoms with E-state index in [4.69, 9.17) is 5.11 Å². The maximum atomic E-state index is 13.5. The van der Waals surface area contributed by atoms with E-state index in [-0.39, 0.29) is 37.0 Å². The second kappa shape index (κ2) is 12.1. The van der Waals surface area contributed by atoms with Gasteiger partial charge in [-0.1, -0.05) is 24.3 Å². The molecule has 3 rings (SSSR count). The Labute approximate surface area is 190 Å². The lowest BCUT2D eigenvalue weighted by molar-refractivity contribution is -0.136. The summed E-state index contributed by atoms with van der Waals surface area (Å²) in [5, 5.41) is 11.6. The first-order valence-electron chi connectivity index (χ1n) is 8.88. The number of pyridine rings is 1. The maximum Gasteiger partial charge on any atom is 0.317 e. The van der Waals surface area contributed by atoms with E-state index in [1.165, 1.54) is 6.07 Å². The fourth-order valence-corrected chi connectivity index (χ4v) is 2.97. The van der Waals surface area contributed by atoms with Gasteiger partial charge < -0.3 is 5.11 Å². The van der Waals surface area contributed by atoms with Gasteiger partial charge in [-0.05, 0) is 53.4 Å². The minimum Gasteiger partial charge on any atom is -0.480 e. The van der Waals surface area contributed by atoms with E-state index in [1.807, 2.05) is 18.2 Å². The number of nitrogens with zero attached hydrogens (tertiary/aromatic N) is 1. The number of aromatic nitrogens is 1. The van der Waals surface area contributed by atoms with Crippen LogP contribution in [0.3, 0.4) is 0 Å². The third kappa shape index (κ3) is 7.10. The number of carboxylic acid groups (broad SMARTS) is 1. The molecule has 0 fully saturated rings. The molecule has 0 aliphatic rings. The van der Waals surface area contributed by atoms with Crippen LogP contribution < -0.4 is 5.32 Å². The number of ketones is 1. The van der Waals surface area contributed by atoms with Gasteiger partial charge in [0.05, 0.1) is 12.6 Å². The third-order valence-corrected chi connectivity index (χ3v) is 4.40. The zero-order valence-corrected chi connectivity index (χ0v) is 17.8. The molecular weight excluding hydrogens is 449 g/mol. The van der Waals surface area contributed by atoms with E-state index in [1.54, 1.807) is 30.6 Å². The van der Waals surface area contributed by atoms with Gasteiger partial charge in [-0.25, -0.2) is 8.78 Å². The van der Waals surface area contributed by atoms with Gasteiger partial charge in [0.25, 0.3) is 0 Å². The van der Waals surface area contributed by atoms with Gasteiger partial charge in [0, 0.05) is 18.0 Å². The molecule has 164 valence electrons. The lowest BCUT2D eigenvalue weighted by Crippen LogP contribution is -2.41. The van der Waals surface area contributed by atoms with Crippen molar-refractivity contribution in [2.45, 2.75) is 12.5 Å². The van der Waals surface area contributed by atoms with Crippen molar-refractivity contribution in [2.24, 2.45) is 0 Å². The zero-order chi connectivity index (χ0) is 20.8. The first kappa shape index (κ1) is 26.2. The zero-order valence-electron chi connectivity index (χ0n) is 16.1. The van der Waals surface area contributed by atoms with Crippen molar-refractivity contribution in [1.82, 2.24) is 10.3 Å². The summed E-state index contributed by atoms with van der Waals surface area (Å²) in [5.74, 6) is -3.47. The number of carboxylic acids is 1. The van der Waals surface area contributed by atoms with Crippen molar-refractivity contribution in [1.29, 1.82) is 0 Å². The molecule has 2 aromatic carbocycles. The summed E-state index contributed by atoms with van der Waals surface area (Å²) in [4.78, 5) is 28.0. The molecule has 31 heavy (non-hydrogen) atoms. The topological polar surface area (TPSA) is 79.3 Å². The molecule has 0 aliphatic carbocycles. The monoisotopic (exact) mass is 468 g/mol. The Balaban J connectivity index is 0.00000240. The van der Waals surface area contributed by atoms with Crippen LogP contribution in [0.2, 0.25) is 0 Å². The van der Waals surface area contributed by atoms with Gasteiger partial charge in [0.15, 0.2) is 17.4 Å². The lowest BCUT2D eigenvalue weighted by atomic mass is 9.95. The van der Waals surface area contributed by atoms with Gasteiger partial charge in [-0.2, -0.15) is 0 Å². The molecule has 1 atom stereocenters. The average Bonchev–Trinajstić information content (AvgIpc) is 2.73. The molecule has 1 aromatic heterocycles. The largest absolute Gasteiger partial charge is 0.480 e. The molecule has 0 radical (unpaired) electrons. The number of rotatable bonds is 8. The Kier molecular flexibility index (Phi) is 10.2. The molecule has 0 spiro atoms. The summed E-state index contributed by atoms with van der Waals surface area (Å²) in [6.07, 6.45) is 3.30. The number of carbonyl (C=O) groups is 2. The van der Waals surface area contributed by atoms with Crippen LogP contribution in [0.4, 0.5) is 8.78 Å². The minimum absolute atomic E-state index is 0. The molecule has 9 heteroatoms. The number of hydrogen-bond donors (Lipinski definition) is 2. The highest BCUT2D eigenvalue weighted by atomic mass is 35.5. The molecule has 0 amide bonds. The molecule has 5 nitrogen and oxygen atoms in total. The smallest absolute Gasteiger partial charge is 0.317 e. The number of aliphatic carboxylic acids is 1. The molecule has 0 unspecified atom stereocenters. The first-order valence-corrected chi connectivity index (χ1v) is 8.88. The van der Waals surface area contributed by atoms with Crippen LogP contribution in [0.25, 0.3) is 11.1 Å². The Morgan fingerprint density at radius 2 is 1.65 bits per heavy atom. The molecule has 1 heterocycles. The van der Waals surface area contributed by atoms with Crippen LogP contribution >= 0.6 is 24.8 Å². The van der Waals surface area contributed by atoms with E-state index < -0.39 is 30.2 Å². The average molecular weight is 469 g/mol. The van der Waals surface area contributed by atoms with Gasteiger partial charge >= 0.3 is 5.97 Å². The summed E-state index contributed by atoms with van der Waals surface area (Å²) in [6.45, 7) is -0.440. The van der Waals surface area contributed by atoms with E-state index in [2.05, 4.69) is 10.3 Å². The highest BCUT2D eigenvalue weighted by Crippen LogP contribution is 2.21. The lowest BCUT2D eigenvalue weighted by Gasteiger charge is -2.17. The van der Waals surface area contributed by atoms with Crippen LogP contribution in [0.5, 0.6) is 0 Å².